The van der Waals surface area contributed by atoms with Gasteiger partial charge in [-0.05, 0) is 12.1 Å². The van der Waals surface area contributed by atoms with Crippen LogP contribution in [0.4, 0.5) is 5.69 Å². The Morgan fingerprint density at radius 1 is 0.324 bits per heavy atom. The summed E-state index contributed by atoms with van der Waals surface area (Å²) in [5.41, 5.74) is 0.769. The van der Waals surface area contributed by atoms with Gasteiger partial charge in [0, 0.05) is 44.0 Å². The molecule has 0 aliphatic carbocycles. The number of anilines is 1. The quantitative estimate of drug-likeness (QED) is 0.0255. The number of hydrogen-bond donors (Lipinski definition) is 25. The van der Waals surface area contributed by atoms with Gasteiger partial charge in [-0.2, -0.15) is 0 Å². The molecule has 8 fully saturated rings. The number of nitrogens with one attached hydrogen (secondary N) is 1. The fourth-order valence-corrected chi connectivity index (χ4v) is 14.6. The second-order valence-electron chi connectivity index (χ2n) is 28.0. The van der Waals surface area contributed by atoms with Crippen LogP contribution in [0.2, 0.25) is 0 Å². The fraction of sp³-hybridized carbons (Fsp3) is 0.828. The first-order valence-electron chi connectivity index (χ1n) is 35.2. The van der Waals surface area contributed by atoms with Crippen LogP contribution in [0.1, 0.15) is 6.92 Å². The molecule has 0 amide bonds. The van der Waals surface area contributed by atoms with E-state index in [0.717, 1.165) is 12.6 Å². The Morgan fingerprint density at radius 2 is 0.550 bits per heavy atom. The number of aliphatic hydroxyl groups is 24. The highest BCUT2D eigenvalue weighted by molar-refractivity contribution is 7.89. The lowest BCUT2D eigenvalue weighted by atomic mass is 9.97. The average molecular weight is 1630 g/mol. The molecule has 0 unspecified atom stereocenters. The van der Waals surface area contributed by atoms with Crippen molar-refractivity contribution in [3.8, 4) is 0 Å². The van der Waals surface area contributed by atoms with Crippen molar-refractivity contribution in [1.29, 1.82) is 0 Å². The molecule has 0 saturated carbocycles. The van der Waals surface area contributed by atoms with E-state index in [4.69, 9.17) is 80.5 Å². The first-order chi connectivity index (χ1) is 52.4. The van der Waals surface area contributed by atoms with Crippen molar-refractivity contribution in [2.75, 3.05) is 85.0 Å². The SMILES string of the molecule is CC(=O)OC[C@H]1O[C@H](OC[C@H]2O[C@H](OC[C@H]3O[C@H](OC[C@H]4O[C@H](OC[C@H]5O[C@H](OC[C@H]6O[C@H](OC[C@H]7O[C@H](OC[C@H]8O[C@H](OCCNS(=O)(=O)c9cccc%10c(N(C)C)cccc9%10)[C@@H](O)[C@@H](O)[C@@H]8O)[C@@H](O)[C@@H](O)[C@@H]7O)[C@@H](O)[C@@H](O)[C@@H]6O)[C@@H](O)[C@@H](O)[C@@H]5O)[C@@H](O)[C@@H](O)[C@@H]4O)[C@@H](O)[C@@H](O)[C@@H]3O)[C@@H](O)[C@@H](O)[C@@H]2O)[C@@H](O)[C@@H](O)[C@@H]1O. The van der Waals surface area contributed by atoms with Gasteiger partial charge in [0.15, 0.2) is 50.3 Å². The monoisotopic (exact) mass is 1630 g/mol. The van der Waals surface area contributed by atoms with Crippen LogP contribution in [0.25, 0.3) is 10.8 Å². The van der Waals surface area contributed by atoms with Gasteiger partial charge < -0.3 is 208 Å². The number of nitrogens with zero attached hydrogens (tertiary/aromatic N) is 1. The molecule has 46 nitrogen and oxygen atoms in total. The summed E-state index contributed by atoms with van der Waals surface area (Å²) in [6.07, 6.45) is -76.2. The van der Waals surface area contributed by atoms with Gasteiger partial charge in [0.2, 0.25) is 10.0 Å². The molecule has 636 valence electrons. The van der Waals surface area contributed by atoms with E-state index in [9.17, 15) is 136 Å². The number of aliphatic hydroxyl groups excluding tert-OH is 24. The normalized spacial score (nSPS) is 45.4. The van der Waals surface area contributed by atoms with Crippen LogP contribution in [-0.2, 0) is 95.3 Å². The molecular weight excluding hydrogens is 1530 g/mol. The highest BCUT2D eigenvalue weighted by Gasteiger charge is 2.55. The number of hydrogen-bond acceptors (Lipinski definition) is 45. The van der Waals surface area contributed by atoms with Crippen molar-refractivity contribution in [3.05, 3.63) is 36.4 Å². The van der Waals surface area contributed by atoms with E-state index in [1.807, 2.05) is 11.0 Å². The summed E-state index contributed by atoms with van der Waals surface area (Å²) in [6.45, 7) is -6.21. The Labute approximate surface area is 630 Å². The highest BCUT2D eigenvalue weighted by Crippen LogP contribution is 2.36. The molecule has 8 heterocycles. The second-order valence-corrected chi connectivity index (χ2v) is 29.8. The number of esters is 1. The summed E-state index contributed by atoms with van der Waals surface area (Å²) in [4.78, 5) is 13.1. The van der Waals surface area contributed by atoms with E-state index in [1.165, 1.54) is 6.07 Å². The maximum atomic E-state index is 13.5. The molecule has 8 aliphatic heterocycles. The Morgan fingerprint density at radius 3 is 0.793 bits per heavy atom. The van der Waals surface area contributed by atoms with E-state index in [1.54, 1.807) is 38.4 Å². The third kappa shape index (κ3) is 20.4. The van der Waals surface area contributed by atoms with Gasteiger partial charge in [-0.15, -0.1) is 0 Å². The molecule has 2 aromatic carbocycles. The minimum atomic E-state index is -4.15. The van der Waals surface area contributed by atoms with Gasteiger partial charge in [-0.3, -0.25) is 4.79 Å². The smallest absolute Gasteiger partial charge is 0.302 e. The zero-order valence-corrected chi connectivity index (χ0v) is 60.2. The predicted molar refractivity (Wildman–Crippen MR) is 351 cm³/mol. The zero-order valence-electron chi connectivity index (χ0n) is 59.4. The third-order valence-corrected chi connectivity index (χ3v) is 21.6. The molecule has 0 bridgehead atoms. The Kier molecular flexibility index (Phi) is 31.3. The van der Waals surface area contributed by atoms with E-state index < -0.39 is 321 Å². The van der Waals surface area contributed by atoms with Gasteiger partial charge >= 0.3 is 5.97 Å². The number of fused-ring (bicyclic) bond motifs is 1. The topological polar surface area (TPSA) is 709 Å². The highest BCUT2D eigenvalue weighted by atomic mass is 32.2. The lowest BCUT2D eigenvalue weighted by molar-refractivity contribution is -0.354. The van der Waals surface area contributed by atoms with Crippen LogP contribution < -0.4 is 9.62 Å². The number of sulfonamides is 1. The average Bonchev–Trinajstić information content (AvgIpc) is 0.788. The minimum Gasteiger partial charge on any atom is -0.463 e. The molecule has 0 radical (unpaired) electrons. The maximum absolute atomic E-state index is 13.5. The van der Waals surface area contributed by atoms with Crippen LogP contribution >= 0.6 is 0 Å². The first-order valence-corrected chi connectivity index (χ1v) is 36.7. The van der Waals surface area contributed by atoms with Crippen LogP contribution in [0, 0.1) is 0 Å². The largest absolute Gasteiger partial charge is 0.463 e. The van der Waals surface area contributed by atoms with Crippen LogP contribution in [-0.4, -0.2) is 463 Å². The molecule has 8 saturated heterocycles. The first kappa shape index (κ1) is 89.6. The summed E-state index contributed by atoms with van der Waals surface area (Å²) in [7, 11) is -0.538. The summed E-state index contributed by atoms with van der Waals surface area (Å²) in [5.74, 6) is -0.765. The third-order valence-electron chi connectivity index (χ3n) is 20.1. The fourth-order valence-electron chi connectivity index (χ4n) is 13.4. The predicted octanol–water partition coefficient (Wildman–Crippen LogP) is -15.7. The van der Waals surface area contributed by atoms with Crippen molar-refractivity contribution in [1.82, 2.24) is 4.72 Å². The molecule has 0 spiro atoms. The molecule has 8 aliphatic rings. The zero-order chi connectivity index (χ0) is 81.1. The number of carbonyl (C=O) groups excluding carboxylic acids is 1. The van der Waals surface area contributed by atoms with Gasteiger partial charge in [0.05, 0.1) is 57.8 Å². The van der Waals surface area contributed by atoms with E-state index in [-0.39, 0.29) is 11.4 Å². The Balaban J connectivity index is 0.677. The molecule has 25 N–H and O–H groups in total. The van der Waals surface area contributed by atoms with E-state index >= 15 is 0 Å². The van der Waals surface area contributed by atoms with Crippen molar-refractivity contribution in [2.45, 2.75) is 257 Å². The minimum absolute atomic E-state index is 0.0279. The molecule has 40 atom stereocenters. The Hall–Kier alpha value is -3.72. The van der Waals surface area contributed by atoms with Crippen molar-refractivity contribution < 1.29 is 216 Å². The molecular formula is C64H100N2O44S. The van der Waals surface area contributed by atoms with Gasteiger partial charge in [0.1, 0.15) is 202 Å². The standard InChI is InChI=1S/C64H100N2O44S/c1-20(67)95-12-24-33(68)42(77)50(85)58(104-24)97-14-26-35(70)44(79)52(87)60(106-26)99-16-28-37(72)46(81)54(89)62(108-28)101-18-30-39(74)48(83)56(91)64(110-30)102-19-31-40(75)47(82)55(90)63(109-31)100-17-29-38(73)45(80)53(88)61(107-29)98-15-27-36(71)43(78)51(86)59(105-27)96-13-25-34(69)41(76)49(84)57(103-25)94-11-10-65-111(92,93)32-9-5-6-21-22(32)7-4-8-23(21)66(2)3/h4-9,24-31,33-65,68-91H,10-19H2,1-3H3/t24-,25-,26-,27-,28-,29-,30-,31-,33-,34-,35-,36-,37-,38-,39-,40-,41+,42+,43+,44+,45+,46+,47+,48+,49+,50+,51+,52+,53+,54+,55+,56+,57+,58+,59+,60+,61+,62+,63+,64+/m1/s1. The summed E-state index contributed by atoms with van der Waals surface area (Å²) < 4.78 is 124. The number of ether oxygens (including phenoxy) is 17. The van der Waals surface area contributed by atoms with Gasteiger partial charge in [-0.25, -0.2) is 13.1 Å². The van der Waals surface area contributed by atoms with E-state index in [2.05, 4.69) is 4.72 Å². The summed E-state index contributed by atoms with van der Waals surface area (Å²) in [6, 6.07) is 9.94. The van der Waals surface area contributed by atoms with Crippen LogP contribution in [0.15, 0.2) is 41.3 Å². The summed E-state index contributed by atoms with van der Waals surface area (Å²) >= 11 is 0. The molecule has 10 rings (SSSR count). The van der Waals surface area contributed by atoms with Crippen molar-refractivity contribution in [2.24, 2.45) is 0 Å². The van der Waals surface area contributed by atoms with Crippen LogP contribution in [0.3, 0.4) is 0 Å². The lowest BCUT2D eigenvalue weighted by Gasteiger charge is -2.45. The maximum Gasteiger partial charge on any atom is 0.302 e. The Bertz CT molecular complexity index is 3370. The molecule has 0 aromatic heterocycles. The number of benzene rings is 2. The van der Waals surface area contributed by atoms with Gasteiger partial charge in [0.25, 0.3) is 0 Å². The number of carbonyl (C=O) groups is 1. The summed E-state index contributed by atoms with van der Waals surface area (Å²) in [5, 5.41) is 261. The van der Waals surface area contributed by atoms with Crippen LogP contribution in [0.5, 0.6) is 0 Å². The molecule has 2 aromatic rings. The molecule has 111 heavy (non-hydrogen) atoms. The second kappa shape index (κ2) is 38.8. The lowest BCUT2D eigenvalue weighted by Crippen LogP contribution is -2.63. The van der Waals surface area contributed by atoms with E-state index in [0.29, 0.717) is 10.8 Å². The van der Waals surface area contributed by atoms with Crippen molar-refractivity contribution in [3.63, 3.8) is 0 Å². The number of rotatable bonds is 30. The van der Waals surface area contributed by atoms with Crippen molar-refractivity contribution >= 4 is 32.5 Å². The molecule has 47 heteroatoms. The van der Waals surface area contributed by atoms with Gasteiger partial charge in [-0.1, -0.05) is 24.3 Å².